The highest BCUT2D eigenvalue weighted by molar-refractivity contribution is 7.11. The minimum Gasteiger partial charge on any atom is -0.496 e. The summed E-state index contributed by atoms with van der Waals surface area (Å²) in [6, 6.07) is 14.3. The Morgan fingerprint density at radius 3 is 2.90 bits per heavy atom. The molecule has 29 heavy (non-hydrogen) atoms. The van der Waals surface area contributed by atoms with Crippen LogP contribution in [0, 0.1) is 6.92 Å². The van der Waals surface area contributed by atoms with Crippen molar-refractivity contribution in [1.82, 2.24) is 14.9 Å². The number of aromatic nitrogens is 2. The van der Waals surface area contributed by atoms with Crippen LogP contribution >= 0.6 is 11.3 Å². The second-order valence-electron chi connectivity index (χ2n) is 7.40. The molecule has 4 rings (SSSR count). The van der Waals surface area contributed by atoms with E-state index in [-0.39, 0.29) is 11.8 Å². The second kappa shape index (κ2) is 8.74. The van der Waals surface area contributed by atoms with E-state index >= 15 is 0 Å². The second-order valence-corrected chi connectivity index (χ2v) is 8.25. The number of ether oxygens (including phenoxy) is 1. The number of hydrogen-bond donors (Lipinski definition) is 0. The lowest BCUT2D eigenvalue weighted by atomic mass is 9.93. The van der Waals surface area contributed by atoms with Crippen LogP contribution in [0.4, 0.5) is 0 Å². The van der Waals surface area contributed by atoms with Crippen LogP contribution in [0.1, 0.15) is 51.1 Å². The largest absolute Gasteiger partial charge is 0.496 e. The molecular formula is C23H25N3O2S. The number of piperidine rings is 1. The highest BCUT2D eigenvalue weighted by Crippen LogP contribution is 2.28. The fourth-order valence-electron chi connectivity index (χ4n) is 3.92. The fraction of sp³-hybridized carbons (Fsp3) is 0.348. The molecule has 5 nitrogen and oxygen atoms in total. The van der Waals surface area contributed by atoms with Gasteiger partial charge in [-0.15, -0.1) is 11.3 Å². The average molecular weight is 408 g/mol. The van der Waals surface area contributed by atoms with Gasteiger partial charge in [0.25, 0.3) is 5.91 Å². The van der Waals surface area contributed by atoms with Gasteiger partial charge in [-0.3, -0.25) is 9.78 Å². The Kier molecular flexibility index (Phi) is 5.90. The van der Waals surface area contributed by atoms with Gasteiger partial charge < -0.3 is 9.64 Å². The Morgan fingerprint density at radius 1 is 1.24 bits per heavy atom. The molecule has 1 aliphatic rings. The van der Waals surface area contributed by atoms with Crippen molar-refractivity contribution >= 4 is 17.2 Å². The molecule has 1 fully saturated rings. The van der Waals surface area contributed by atoms with Gasteiger partial charge in [0.1, 0.15) is 10.6 Å². The Balaban J connectivity index is 1.50. The first-order valence-corrected chi connectivity index (χ1v) is 10.8. The van der Waals surface area contributed by atoms with Gasteiger partial charge in [0.05, 0.1) is 18.3 Å². The van der Waals surface area contributed by atoms with Crippen LogP contribution < -0.4 is 4.74 Å². The predicted octanol–water partition coefficient (Wildman–Crippen LogP) is 4.47. The van der Waals surface area contributed by atoms with Crippen molar-refractivity contribution in [3.8, 4) is 5.75 Å². The summed E-state index contributed by atoms with van der Waals surface area (Å²) < 4.78 is 5.47. The standard InChI is InChI=1S/C23H25N3O2S/c1-16-22(29-15-24-16)23(27)26-12-6-8-18(14-26)20-10-5-9-19(25-20)13-17-7-3-4-11-21(17)28-2/h3-5,7,9-11,15,18H,6,8,12-14H2,1-2H3/t18-/m0/s1. The van der Waals surface area contributed by atoms with E-state index in [0.29, 0.717) is 6.54 Å². The number of methoxy groups -OCH3 is 1. The van der Waals surface area contributed by atoms with Crippen LogP contribution in [-0.4, -0.2) is 41.0 Å². The highest BCUT2D eigenvalue weighted by atomic mass is 32.1. The molecule has 0 saturated carbocycles. The normalized spacial score (nSPS) is 16.6. The number of carbonyl (C=O) groups is 1. The number of benzene rings is 1. The topological polar surface area (TPSA) is 55.3 Å². The van der Waals surface area contributed by atoms with Gasteiger partial charge in [-0.25, -0.2) is 4.98 Å². The first-order valence-electron chi connectivity index (χ1n) is 9.93. The minimum absolute atomic E-state index is 0.0971. The van der Waals surface area contributed by atoms with Crippen molar-refractivity contribution in [2.24, 2.45) is 0 Å². The smallest absolute Gasteiger partial charge is 0.265 e. The molecule has 1 atom stereocenters. The van der Waals surface area contributed by atoms with Gasteiger partial charge in [-0.2, -0.15) is 0 Å². The molecule has 3 heterocycles. The Hall–Kier alpha value is -2.73. The number of hydrogen-bond acceptors (Lipinski definition) is 5. The molecule has 1 saturated heterocycles. The lowest BCUT2D eigenvalue weighted by molar-refractivity contribution is 0.0710. The summed E-state index contributed by atoms with van der Waals surface area (Å²) in [7, 11) is 1.70. The zero-order chi connectivity index (χ0) is 20.2. The van der Waals surface area contributed by atoms with Gasteiger partial charge in [0, 0.05) is 42.4 Å². The van der Waals surface area contributed by atoms with Gasteiger partial charge in [-0.1, -0.05) is 24.3 Å². The molecule has 150 valence electrons. The molecule has 0 bridgehead atoms. The number of aryl methyl sites for hydroxylation is 1. The summed E-state index contributed by atoms with van der Waals surface area (Å²) in [6.07, 6.45) is 2.77. The van der Waals surface area contributed by atoms with Crippen LogP contribution in [0.25, 0.3) is 0 Å². The van der Waals surface area contributed by atoms with Crippen molar-refractivity contribution in [2.45, 2.75) is 32.1 Å². The van der Waals surface area contributed by atoms with Crippen molar-refractivity contribution < 1.29 is 9.53 Å². The Labute approximate surface area is 175 Å². The molecule has 6 heteroatoms. The van der Waals surface area contributed by atoms with E-state index in [1.54, 1.807) is 12.6 Å². The SMILES string of the molecule is COc1ccccc1Cc1cccc([C@H]2CCCN(C(=O)c3scnc3C)C2)n1. The van der Waals surface area contributed by atoms with Crippen molar-refractivity contribution in [1.29, 1.82) is 0 Å². The molecule has 0 radical (unpaired) electrons. The molecule has 0 N–H and O–H groups in total. The first-order chi connectivity index (χ1) is 14.2. The van der Waals surface area contributed by atoms with Crippen LogP contribution in [0.3, 0.4) is 0 Å². The third kappa shape index (κ3) is 4.32. The number of pyridine rings is 1. The molecule has 0 aliphatic carbocycles. The molecule has 1 amide bonds. The van der Waals surface area contributed by atoms with E-state index in [1.165, 1.54) is 11.3 Å². The van der Waals surface area contributed by atoms with Crippen LogP contribution in [0.2, 0.25) is 0 Å². The van der Waals surface area contributed by atoms with Crippen LogP contribution in [-0.2, 0) is 6.42 Å². The van der Waals surface area contributed by atoms with Crippen LogP contribution in [0.15, 0.2) is 48.0 Å². The molecule has 1 aliphatic heterocycles. The summed E-state index contributed by atoms with van der Waals surface area (Å²) in [5.74, 6) is 1.24. The highest BCUT2D eigenvalue weighted by Gasteiger charge is 2.28. The molecule has 0 spiro atoms. The van der Waals surface area contributed by atoms with Crippen molar-refractivity contribution in [3.63, 3.8) is 0 Å². The summed E-state index contributed by atoms with van der Waals surface area (Å²) in [6.45, 7) is 3.41. The van der Waals surface area contributed by atoms with Crippen molar-refractivity contribution in [2.75, 3.05) is 20.2 Å². The van der Waals surface area contributed by atoms with Gasteiger partial charge in [0.15, 0.2) is 0 Å². The number of amides is 1. The van der Waals surface area contributed by atoms with Gasteiger partial charge in [-0.05, 0) is 38.0 Å². The number of rotatable bonds is 5. The molecule has 1 aromatic carbocycles. The number of thiazole rings is 1. The van der Waals surface area contributed by atoms with E-state index in [0.717, 1.165) is 59.1 Å². The zero-order valence-electron chi connectivity index (χ0n) is 16.8. The first kappa shape index (κ1) is 19.6. The monoisotopic (exact) mass is 407 g/mol. The predicted molar refractivity (Wildman–Crippen MR) is 115 cm³/mol. The average Bonchev–Trinajstić information content (AvgIpc) is 3.20. The molecule has 2 aromatic heterocycles. The maximum atomic E-state index is 12.9. The van der Waals surface area contributed by atoms with Gasteiger partial charge in [0.2, 0.25) is 0 Å². The van der Waals surface area contributed by atoms with Gasteiger partial charge >= 0.3 is 0 Å². The fourth-order valence-corrected chi connectivity index (χ4v) is 4.69. The number of likely N-dealkylation sites (tertiary alicyclic amines) is 1. The Bertz CT molecular complexity index is 1000. The summed E-state index contributed by atoms with van der Waals surface area (Å²) in [4.78, 5) is 24.8. The van der Waals surface area contributed by atoms with Crippen LogP contribution in [0.5, 0.6) is 5.75 Å². The lowest BCUT2D eigenvalue weighted by Crippen LogP contribution is -2.39. The van der Waals surface area contributed by atoms with E-state index < -0.39 is 0 Å². The third-order valence-electron chi connectivity index (χ3n) is 5.46. The maximum Gasteiger partial charge on any atom is 0.265 e. The molecule has 0 unspecified atom stereocenters. The molecular weight excluding hydrogens is 382 g/mol. The maximum absolute atomic E-state index is 12.9. The van der Waals surface area contributed by atoms with E-state index in [9.17, 15) is 4.79 Å². The summed E-state index contributed by atoms with van der Waals surface area (Å²) in [5.41, 5.74) is 5.77. The van der Waals surface area contributed by atoms with E-state index in [2.05, 4.69) is 29.2 Å². The minimum atomic E-state index is 0.0971. The van der Waals surface area contributed by atoms with E-state index in [1.807, 2.05) is 30.0 Å². The lowest BCUT2D eigenvalue weighted by Gasteiger charge is -2.32. The van der Waals surface area contributed by atoms with Crippen molar-refractivity contribution in [3.05, 3.63) is 75.5 Å². The summed E-state index contributed by atoms with van der Waals surface area (Å²) in [5, 5.41) is 0. The number of para-hydroxylation sites is 1. The number of nitrogens with zero attached hydrogens (tertiary/aromatic N) is 3. The number of carbonyl (C=O) groups excluding carboxylic acids is 1. The van der Waals surface area contributed by atoms with E-state index in [4.69, 9.17) is 9.72 Å². The summed E-state index contributed by atoms with van der Waals surface area (Å²) >= 11 is 1.43. The zero-order valence-corrected chi connectivity index (χ0v) is 17.6. The quantitative estimate of drug-likeness (QED) is 0.626. The Morgan fingerprint density at radius 2 is 2.10 bits per heavy atom. The third-order valence-corrected chi connectivity index (χ3v) is 6.38. The molecule has 3 aromatic rings.